The molecule has 4 nitrogen and oxygen atoms in total. The molecule has 0 spiro atoms. The number of nitrogens with zero attached hydrogens (tertiary/aromatic N) is 1. The third kappa shape index (κ3) is 1.50. The highest BCUT2D eigenvalue weighted by Crippen LogP contribution is 2.37. The number of ether oxygens (including phenoxy) is 2. The average Bonchev–Trinajstić information content (AvgIpc) is 2.62. The van der Waals surface area contributed by atoms with Crippen LogP contribution in [0, 0.1) is 5.92 Å². The molecule has 0 aromatic heterocycles. The van der Waals surface area contributed by atoms with Crippen molar-refractivity contribution in [1.82, 2.24) is 0 Å². The normalized spacial score (nSPS) is 20.9. The molecule has 0 amide bonds. The van der Waals surface area contributed by atoms with Gasteiger partial charge in [0.05, 0.1) is 19.9 Å². The zero-order valence-corrected chi connectivity index (χ0v) is 9.65. The summed E-state index contributed by atoms with van der Waals surface area (Å²) in [5, 5.41) is 12.4. The highest BCUT2D eigenvalue weighted by atomic mass is 16.5. The van der Waals surface area contributed by atoms with Crippen molar-refractivity contribution in [1.29, 1.82) is 0 Å². The first-order valence-corrected chi connectivity index (χ1v) is 5.18. The summed E-state index contributed by atoms with van der Waals surface area (Å²) in [5.41, 5.74) is 2.71. The largest absolute Gasteiger partial charge is 0.497 e. The van der Waals surface area contributed by atoms with Crippen molar-refractivity contribution >= 4 is 5.71 Å². The molecule has 1 atom stereocenters. The summed E-state index contributed by atoms with van der Waals surface area (Å²) >= 11 is 0. The van der Waals surface area contributed by atoms with E-state index < -0.39 is 0 Å². The van der Waals surface area contributed by atoms with E-state index in [0.29, 0.717) is 11.5 Å². The van der Waals surface area contributed by atoms with Crippen molar-refractivity contribution < 1.29 is 14.7 Å². The Morgan fingerprint density at radius 1 is 1.31 bits per heavy atom. The van der Waals surface area contributed by atoms with Crippen LogP contribution in [0.4, 0.5) is 0 Å². The maximum Gasteiger partial charge on any atom is 0.126 e. The van der Waals surface area contributed by atoms with Crippen LogP contribution in [0.5, 0.6) is 11.5 Å². The number of hydrogen-bond acceptors (Lipinski definition) is 4. The van der Waals surface area contributed by atoms with Crippen LogP contribution in [0.1, 0.15) is 18.1 Å². The van der Waals surface area contributed by atoms with Gasteiger partial charge in [-0.05, 0) is 12.5 Å². The monoisotopic (exact) mass is 221 g/mol. The van der Waals surface area contributed by atoms with Gasteiger partial charge in [-0.1, -0.05) is 12.1 Å². The molecular weight excluding hydrogens is 206 g/mol. The number of benzene rings is 1. The molecule has 16 heavy (non-hydrogen) atoms. The molecule has 0 aliphatic heterocycles. The van der Waals surface area contributed by atoms with Gasteiger partial charge < -0.3 is 14.7 Å². The number of hydrogen-bond donors (Lipinski definition) is 1. The molecule has 86 valence electrons. The van der Waals surface area contributed by atoms with E-state index in [4.69, 9.17) is 14.7 Å². The molecule has 0 fully saturated rings. The van der Waals surface area contributed by atoms with Gasteiger partial charge in [0.2, 0.25) is 0 Å². The zero-order chi connectivity index (χ0) is 11.7. The maximum absolute atomic E-state index is 9.02. The molecule has 0 radical (unpaired) electrons. The van der Waals surface area contributed by atoms with Gasteiger partial charge in [0.25, 0.3) is 0 Å². The Hall–Kier alpha value is -1.71. The summed E-state index contributed by atoms with van der Waals surface area (Å²) in [7, 11) is 3.24. The molecular formula is C12H15NO3. The highest BCUT2D eigenvalue weighted by Gasteiger charge is 2.29. The van der Waals surface area contributed by atoms with Gasteiger partial charge in [0.15, 0.2) is 0 Å². The first-order valence-electron chi connectivity index (χ1n) is 5.18. The van der Waals surface area contributed by atoms with Crippen molar-refractivity contribution in [2.45, 2.75) is 13.3 Å². The molecule has 1 aromatic carbocycles. The molecule has 1 aromatic rings. The standard InChI is InChI=1S/C12H15NO3/c1-7-4-9-10(12(7)13-14)5-8(15-2)6-11(9)16-3/h5-7,14H,4H2,1-3H3/b13-12+. The molecule has 0 saturated heterocycles. The first kappa shape index (κ1) is 10.8. The Labute approximate surface area is 94.5 Å². The number of rotatable bonds is 2. The second kappa shape index (κ2) is 4.04. The van der Waals surface area contributed by atoms with Crippen molar-refractivity contribution in [3.05, 3.63) is 23.3 Å². The summed E-state index contributed by atoms with van der Waals surface area (Å²) in [4.78, 5) is 0. The van der Waals surface area contributed by atoms with Crippen LogP contribution < -0.4 is 9.47 Å². The highest BCUT2D eigenvalue weighted by molar-refractivity contribution is 6.06. The SMILES string of the molecule is COc1cc(OC)c2c(c1)/C(=N/O)C(C)C2. The molecule has 1 N–H and O–H groups in total. The molecule has 2 rings (SSSR count). The molecule has 0 bridgehead atoms. The fourth-order valence-electron chi connectivity index (χ4n) is 2.18. The second-order valence-corrected chi connectivity index (χ2v) is 3.95. The number of fused-ring (bicyclic) bond motifs is 1. The van der Waals surface area contributed by atoms with Gasteiger partial charge >= 0.3 is 0 Å². The Bertz CT molecular complexity index is 440. The third-order valence-electron chi connectivity index (χ3n) is 3.00. The van der Waals surface area contributed by atoms with E-state index in [9.17, 15) is 0 Å². The minimum atomic E-state index is 0.209. The zero-order valence-electron chi connectivity index (χ0n) is 9.65. The van der Waals surface area contributed by atoms with E-state index >= 15 is 0 Å². The molecule has 0 heterocycles. The fourth-order valence-corrected chi connectivity index (χ4v) is 2.18. The smallest absolute Gasteiger partial charge is 0.126 e. The lowest BCUT2D eigenvalue weighted by molar-refractivity contribution is 0.316. The van der Waals surface area contributed by atoms with E-state index in [0.717, 1.165) is 23.3 Å². The quantitative estimate of drug-likeness (QED) is 0.614. The Balaban J connectivity index is 2.60. The second-order valence-electron chi connectivity index (χ2n) is 3.95. The predicted octanol–water partition coefficient (Wildman–Crippen LogP) is 2.07. The van der Waals surface area contributed by atoms with Gasteiger partial charge in [0.1, 0.15) is 11.5 Å². The van der Waals surface area contributed by atoms with Gasteiger partial charge in [-0.3, -0.25) is 0 Å². The van der Waals surface area contributed by atoms with Crippen LogP contribution in [0.3, 0.4) is 0 Å². The summed E-state index contributed by atoms with van der Waals surface area (Å²) < 4.78 is 10.5. The van der Waals surface area contributed by atoms with Gasteiger partial charge in [-0.15, -0.1) is 0 Å². The lowest BCUT2D eigenvalue weighted by Gasteiger charge is -2.09. The maximum atomic E-state index is 9.02. The Morgan fingerprint density at radius 2 is 2.06 bits per heavy atom. The first-order chi connectivity index (χ1) is 7.71. The van der Waals surface area contributed by atoms with E-state index in [1.54, 1.807) is 14.2 Å². The van der Waals surface area contributed by atoms with E-state index in [1.165, 1.54) is 0 Å². The average molecular weight is 221 g/mol. The molecule has 1 unspecified atom stereocenters. The summed E-state index contributed by atoms with van der Waals surface area (Å²) in [6, 6.07) is 3.74. The van der Waals surface area contributed by atoms with Gasteiger partial charge in [-0.2, -0.15) is 0 Å². The number of methoxy groups -OCH3 is 2. The topological polar surface area (TPSA) is 51.0 Å². The summed E-state index contributed by atoms with van der Waals surface area (Å²) in [6.07, 6.45) is 0.835. The molecule has 1 aliphatic carbocycles. The predicted molar refractivity (Wildman–Crippen MR) is 60.7 cm³/mol. The van der Waals surface area contributed by atoms with Crippen LogP contribution in [0.25, 0.3) is 0 Å². The minimum Gasteiger partial charge on any atom is -0.497 e. The number of oxime groups is 1. The minimum absolute atomic E-state index is 0.209. The van der Waals surface area contributed by atoms with Gasteiger partial charge in [0, 0.05) is 23.1 Å². The summed E-state index contributed by atoms with van der Waals surface area (Å²) in [6.45, 7) is 2.03. The van der Waals surface area contributed by atoms with Crippen LogP contribution >= 0.6 is 0 Å². The van der Waals surface area contributed by atoms with Crippen molar-refractivity contribution in [3.63, 3.8) is 0 Å². The van der Waals surface area contributed by atoms with Crippen molar-refractivity contribution in [2.75, 3.05) is 14.2 Å². The lowest BCUT2D eigenvalue weighted by atomic mass is 10.1. The van der Waals surface area contributed by atoms with Crippen LogP contribution in [0.2, 0.25) is 0 Å². The molecule has 4 heteroatoms. The lowest BCUT2D eigenvalue weighted by Crippen LogP contribution is -2.05. The Morgan fingerprint density at radius 3 is 2.62 bits per heavy atom. The molecule has 0 saturated carbocycles. The van der Waals surface area contributed by atoms with E-state index in [2.05, 4.69) is 5.16 Å². The Kier molecular flexibility index (Phi) is 2.73. The van der Waals surface area contributed by atoms with E-state index in [1.807, 2.05) is 19.1 Å². The van der Waals surface area contributed by atoms with Crippen LogP contribution in [-0.2, 0) is 6.42 Å². The summed E-state index contributed by atoms with van der Waals surface area (Å²) in [5.74, 6) is 1.71. The van der Waals surface area contributed by atoms with E-state index in [-0.39, 0.29) is 5.92 Å². The van der Waals surface area contributed by atoms with Crippen LogP contribution in [0.15, 0.2) is 17.3 Å². The molecule has 1 aliphatic rings. The third-order valence-corrected chi connectivity index (χ3v) is 3.00. The van der Waals surface area contributed by atoms with Crippen LogP contribution in [-0.4, -0.2) is 25.1 Å². The van der Waals surface area contributed by atoms with Crippen molar-refractivity contribution in [3.8, 4) is 11.5 Å². The van der Waals surface area contributed by atoms with Gasteiger partial charge in [-0.25, -0.2) is 0 Å². The van der Waals surface area contributed by atoms with Crippen molar-refractivity contribution in [2.24, 2.45) is 11.1 Å². The fraction of sp³-hybridized carbons (Fsp3) is 0.417.